The number of nitrogens with one attached hydrogen (secondary N) is 1. The zero-order chi connectivity index (χ0) is 22.8. The maximum absolute atomic E-state index is 15.0. The number of benzene rings is 2. The van der Waals surface area contributed by atoms with Crippen LogP contribution < -0.4 is 10.5 Å². The number of hydrogen-bond acceptors (Lipinski definition) is 6. The first-order chi connectivity index (χ1) is 15.3. The van der Waals surface area contributed by atoms with Crippen LogP contribution in [0.25, 0.3) is 11.3 Å². The van der Waals surface area contributed by atoms with Gasteiger partial charge in [-0.25, -0.2) is 14.2 Å². The summed E-state index contributed by atoms with van der Waals surface area (Å²) in [4.78, 5) is 17.9. The van der Waals surface area contributed by atoms with Crippen LogP contribution in [0, 0.1) is 19.7 Å². The summed E-state index contributed by atoms with van der Waals surface area (Å²) in [5.74, 6) is -0.970. The molecule has 0 saturated heterocycles. The number of aryl methyl sites for hydroxylation is 1. The fourth-order valence-corrected chi connectivity index (χ4v) is 3.62. The molecule has 0 aliphatic carbocycles. The summed E-state index contributed by atoms with van der Waals surface area (Å²) in [6.45, 7) is 3.38. The lowest BCUT2D eigenvalue weighted by atomic mass is 9.97. The Morgan fingerprint density at radius 2 is 2.03 bits per heavy atom. The van der Waals surface area contributed by atoms with Crippen molar-refractivity contribution in [3.63, 3.8) is 0 Å². The van der Waals surface area contributed by atoms with Crippen molar-refractivity contribution in [2.45, 2.75) is 26.9 Å². The Morgan fingerprint density at radius 1 is 1.22 bits per heavy atom. The minimum Gasteiger partial charge on any atom is -0.506 e. The Bertz CT molecular complexity index is 1350. The lowest BCUT2D eigenvalue weighted by Crippen LogP contribution is -2.06. The molecule has 2 heterocycles. The second-order valence-electron chi connectivity index (χ2n) is 7.30. The number of ether oxygens (including phenoxy) is 1. The molecule has 0 amide bonds. The number of pyridine rings is 1. The largest absolute Gasteiger partial charge is 0.506 e. The quantitative estimate of drug-likeness (QED) is 0.436. The highest BCUT2D eigenvalue weighted by Crippen LogP contribution is 2.32. The average molecular weight is 456 g/mol. The summed E-state index contributed by atoms with van der Waals surface area (Å²) in [7, 11) is 0. The van der Waals surface area contributed by atoms with E-state index in [9.17, 15) is 14.3 Å². The lowest BCUT2D eigenvalue weighted by molar-refractivity contribution is 0.271. The van der Waals surface area contributed by atoms with Crippen molar-refractivity contribution in [2.24, 2.45) is 0 Å². The lowest BCUT2D eigenvalue weighted by Gasteiger charge is -2.15. The number of aromatic amines is 1. The van der Waals surface area contributed by atoms with Crippen molar-refractivity contribution in [1.29, 1.82) is 0 Å². The Labute approximate surface area is 187 Å². The second kappa shape index (κ2) is 8.84. The van der Waals surface area contributed by atoms with Gasteiger partial charge in [-0.2, -0.15) is 0 Å². The van der Waals surface area contributed by atoms with E-state index in [0.717, 1.165) is 11.1 Å². The smallest absolute Gasteiger partial charge is 0.439 e. The topological polar surface area (TPSA) is 101 Å². The van der Waals surface area contributed by atoms with Crippen molar-refractivity contribution < 1.29 is 18.8 Å². The van der Waals surface area contributed by atoms with E-state index in [1.807, 2.05) is 13.0 Å². The molecule has 2 N–H and O–H groups in total. The van der Waals surface area contributed by atoms with E-state index in [1.165, 1.54) is 0 Å². The first-order valence-corrected chi connectivity index (χ1v) is 10.1. The Balaban J connectivity index is 1.61. The SMILES string of the molecule is Cc1cc(OCc2noc(=O)[nH]2)c(F)c(C)c1Cc1ccc(O)c(-c2cccc(Cl)c2)n1. The van der Waals surface area contributed by atoms with Crippen LogP contribution in [0.4, 0.5) is 4.39 Å². The van der Waals surface area contributed by atoms with Crippen molar-refractivity contribution >= 4 is 11.6 Å². The van der Waals surface area contributed by atoms with Gasteiger partial charge in [0.25, 0.3) is 0 Å². The number of aromatic nitrogens is 3. The van der Waals surface area contributed by atoms with Gasteiger partial charge in [0.15, 0.2) is 17.4 Å². The number of H-pyrrole nitrogens is 1. The second-order valence-corrected chi connectivity index (χ2v) is 7.73. The predicted octanol–water partition coefficient (Wildman–Crippen LogP) is 4.71. The minimum atomic E-state index is -0.703. The minimum absolute atomic E-state index is 0.0327. The maximum Gasteiger partial charge on any atom is 0.439 e. The molecule has 32 heavy (non-hydrogen) atoms. The van der Waals surface area contributed by atoms with Gasteiger partial charge in [0.1, 0.15) is 18.1 Å². The van der Waals surface area contributed by atoms with Crippen molar-refractivity contribution in [1.82, 2.24) is 15.1 Å². The molecule has 0 atom stereocenters. The molecular formula is C23H19ClFN3O4. The zero-order valence-electron chi connectivity index (χ0n) is 17.3. The number of rotatable bonds is 6. The number of hydrogen-bond donors (Lipinski definition) is 2. The summed E-state index contributed by atoms with van der Waals surface area (Å²) in [6.07, 6.45) is 0.360. The number of halogens is 2. The molecule has 9 heteroatoms. The van der Waals surface area contributed by atoms with Gasteiger partial charge in [-0.1, -0.05) is 28.9 Å². The molecule has 0 saturated carbocycles. The van der Waals surface area contributed by atoms with Gasteiger partial charge in [-0.05, 0) is 60.9 Å². The van der Waals surface area contributed by atoms with Crippen LogP contribution in [0.2, 0.25) is 5.02 Å². The third-order valence-corrected chi connectivity index (χ3v) is 5.29. The summed E-state index contributed by atoms with van der Waals surface area (Å²) in [5.41, 5.74) is 3.75. The van der Waals surface area contributed by atoms with E-state index in [-0.39, 0.29) is 23.9 Å². The third-order valence-electron chi connectivity index (χ3n) is 5.06. The van der Waals surface area contributed by atoms with Crippen molar-refractivity contribution in [3.8, 4) is 22.8 Å². The molecule has 2 aromatic heterocycles. The van der Waals surface area contributed by atoms with E-state index >= 15 is 0 Å². The Morgan fingerprint density at radius 3 is 2.75 bits per heavy atom. The number of nitrogens with zero attached hydrogens (tertiary/aromatic N) is 2. The molecule has 0 spiro atoms. The standard InChI is InChI=1S/C23H19ClFN3O4/c1-12-8-19(31-11-20-27-23(30)32-28-20)21(25)13(2)17(12)10-16-6-7-18(29)22(26-16)14-4-3-5-15(24)9-14/h3-9,29H,10-11H2,1-2H3,(H,27,28,30). The van der Waals surface area contributed by atoms with Crippen LogP contribution in [0.3, 0.4) is 0 Å². The summed E-state index contributed by atoms with van der Waals surface area (Å²) >= 11 is 6.07. The van der Waals surface area contributed by atoms with Gasteiger partial charge in [0.05, 0.1) is 0 Å². The van der Waals surface area contributed by atoms with E-state index < -0.39 is 11.6 Å². The molecule has 0 unspecified atom stereocenters. The molecule has 164 valence electrons. The molecule has 4 aromatic rings. The fraction of sp³-hybridized carbons (Fsp3) is 0.174. The highest BCUT2D eigenvalue weighted by atomic mass is 35.5. The summed E-state index contributed by atoms with van der Waals surface area (Å²) < 4.78 is 24.9. The first kappa shape index (κ1) is 21.6. The summed E-state index contributed by atoms with van der Waals surface area (Å²) in [5, 5.41) is 14.3. The molecule has 0 aliphatic rings. The van der Waals surface area contributed by atoms with Gasteiger partial charge in [-0.3, -0.25) is 9.51 Å². The van der Waals surface area contributed by atoms with E-state index in [1.54, 1.807) is 43.3 Å². The van der Waals surface area contributed by atoms with Crippen LogP contribution in [-0.4, -0.2) is 20.2 Å². The molecule has 7 nitrogen and oxygen atoms in total. The normalized spacial score (nSPS) is 11.0. The Kier molecular flexibility index (Phi) is 5.96. The first-order valence-electron chi connectivity index (χ1n) is 9.73. The van der Waals surface area contributed by atoms with Crippen LogP contribution in [-0.2, 0) is 13.0 Å². The highest BCUT2D eigenvalue weighted by molar-refractivity contribution is 6.30. The van der Waals surface area contributed by atoms with Gasteiger partial charge in [0.2, 0.25) is 0 Å². The van der Waals surface area contributed by atoms with Gasteiger partial charge in [-0.15, -0.1) is 0 Å². The molecule has 0 radical (unpaired) electrons. The van der Waals surface area contributed by atoms with Gasteiger partial charge < -0.3 is 9.84 Å². The van der Waals surface area contributed by atoms with Gasteiger partial charge >= 0.3 is 5.76 Å². The molecule has 0 bridgehead atoms. The molecule has 2 aromatic carbocycles. The number of aromatic hydroxyl groups is 1. The molecule has 0 fully saturated rings. The third kappa shape index (κ3) is 4.50. The van der Waals surface area contributed by atoms with Crippen LogP contribution in [0.5, 0.6) is 11.5 Å². The molecule has 4 rings (SSSR count). The average Bonchev–Trinajstić information content (AvgIpc) is 3.19. The van der Waals surface area contributed by atoms with Crippen LogP contribution in [0.1, 0.15) is 28.2 Å². The van der Waals surface area contributed by atoms with Crippen LogP contribution >= 0.6 is 11.6 Å². The van der Waals surface area contributed by atoms with Crippen molar-refractivity contribution in [3.05, 3.63) is 92.1 Å². The highest BCUT2D eigenvalue weighted by Gasteiger charge is 2.17. The van der Waals surface area contributed by atoms with E-state index in [2.05, 4.69) is 19.6 Å². The van der Waals surface area contributed by atoms with Crippen LogP contribution in [0.15, 0.2) is 51.8 Å². The van der Waals surface area contributed by atoms with Crippen molar-refractivity contribution in [2.75, 3.05) is 0 Å². The summed E-state index contributed by atoms with van der Waals surface area (Å²) in [6, 6.07) is 11.9. The molecular weight excluding hydrogens is 437 g/mol. The predicted molar refractivity (Wildman–Crippen MR) is 116 cm³/mol. The monoisotopic (exact) mass is 455 g/mol. The zero-order valence-corrected chi connectivity index (χ0v) is 18.0. The fourth-order valence-electron chi connectivity index (χ4n) is 3.43. The van der Waals surface area contributed by atoms with E-state index in [0.29, 0.717) is 34.0 Å². The molecule has 0 aliphatic heterocycles. The van der Waals surface area contributed by atoms with Gasteiger partial charge in [0, 0.05) is 22.7 Å². The maximum atomic E-state index is 15.0. The Hall–Kier alpha value is -3.65. The van der Waals surface area contributed by atoms with E-state index in [4.69, 9.17) is 16.3 Å².